The molecule has 1 nitrogen and oxygen atoms in total. The molecule has 3 atom stereocenters. The zero-order valence-corrected chi connectivity index (χ0v) is 19.8. The van der Waals surface area contributed by atoms with Gasteiger partial charge in [0.25, 0.3) is 8.32 Å². The van der Waals surface area contributed by atoms with E-state index in [2.05, 4.69) is 91.9 Å². The van der Waals surface area contributed by atoms with Crippen LogP contribution in [0.15, 0.2) is 84.9 Å². The zero-order chi connectivity index (χ0) is 19.6. The Labute approximate surface area is 180 Å². The van der Waals surface area contributed by atoms with Crippen LogP contribution >= 0.6 is 23.2 Å². The lowest BCUT2D eigenvalue weighted by molar-refractivity contribution is 0.247. The molecule has 0 radical (unpaired) electrons. The summed E-state index contributed by atoms with van der Waals surface area (Å²) in [5.41, 5.74) is 1.34. The Kier molecular flexibility index (Phi) is 6.09. The fourth-order valence-corrected chi connectivity index (χ4v) is 12.8. The number of rotatable bonds is 4. The summed E-state index contributed by atoms with van der Waals surface area (Å²) in [7, 11) is -3.20. The Morgan fingerprint density at radius 1 is 0.821 bits per heavy atom. The Hall–Kier alpha value is -1.37. The smallest absolute Gasteiger partial charge is 0.257 e. The van der Waals surface area contributed by atoms with Crippen molar-refractivity contribution in [2.24, 2.45) is 0 Å². The van der Waals surface area contributed by atoms with Crippen LogP contribution in [0.1, 0.15) is 5.56 Å². The molecular weight excluding hydrogens is 419 g/mol. The van der Waals surface area contributed by atoms with Crippen LogP contribution in [0.5, 0.6) is 0 Å². The highest BCUT2D eigenvalue weighted by Gasteiger charge is 2.50. The Bertz CT molecular complexity index is 881. The van der Waals surface area contributed by atoms with Gasteiger partial charge in [-0.25, -0.2) is 0 Å². The number of hydrogen-bond acceptors (Lipinski definition) is 1. The molecule has 144 valence electrons. The quantitative estimate of drug-likeness (QED) is 0.445. The van der Waals surface area contributed by atoms with Crippen molar-refractivity contribution < 1.29 is 4.43 Å². The Morgan fingerprint density at radius 3 is 1.93 bits per heavy atom. The first-order chi connectivity index (χ1) is 13.6. The van der Waals surface area contributed by atoms with Gasteiger partial charge in [-0.1, -0.05) is 95.7 Å². The first-order valence-electron chi connectivity index (χ1n) is 9.72. The van der Waals surface area contributed by atoms with Crippen LogP contribution in [0.4, 0.5) is 0 Å². The van der Waals surface area contributed by atoms with E-state index in [4.69, 9.17) is 27.6 Å². The largest absolute Gasteiger partial charge is 0.407 e. The lowest BCUT2D eigenvalue weighted by Crippen LogP contribution is -2.69. The molecular formula is C23H24Cl2OSi2. The van der Waals surface area contributed by atoms with Gasteiger partial charge in [-0.05, 0) is 23.3 Å². The van der Waals surface area contributed by atoms with E-state index in [1.54, 1.807) is 0 Å². The normalized spacial score (nSPS) is 24.5. The molecule has 1 saturated heterocycles. The van der Waals surface area contributed by atoms with Gasteiger partial charge in [0.1, 0.15) is 0 Å². The Morgan fingerprint density at radius 2 is 1.36 bits per heavy atom. The van der Waals surface area contributed by atoms with Crippen molar-refractivity contribution in [3.63, 3.8) is 0 Å². The summed E-state index contributed by atoms with van der Waals surface area (Å²) in [6, 6.07) is 30.7. The predicted molar refractivity (Wildman–Crippen MR) is 126 cm³/mol. The van der Waals surface area contributed by atoms with Crippen molar-refractivity contribution in [3.05, 3.63) is 90.5 Å². The van der Waals surface area contributed by atoms with E-state index < -0.39 is 17.8 Å². The minimum atomic E-state index is -2.46. The first-order valence-corrected chi connectivity index (χ1v) is 14.2. The molecule has 0 bridgehead atoms. The number of aryl methyl sites for hydroxylation is 1. The van der Waals surface area contributed by atoms with Gasteiger partial charge < -0.3 is 4.43 Å². The first kappa shape index (κ1) is 19.9. The molecule has 3 aromatic rings. The number of alkyl halides is 2. The average Bonchev–Trinajstić information content (AvgIpc) is 2.74. The van der Waals surface area contributed by atoms with E-state index in [-0.39, 0.29) is 16.5 Å². The molecule has 0 spiro atoms. The molecule has 0 amide bonds. The lowest BCUT2D eigenvalue weighted by Gasteiger charge is -2.45. The molecule has 0 N–H and O–H groups in total. The summed E-state index contributed by atoms with van der Waals surface area (Å²) in [6.45, 7) is 2.17. The van der Waals surface area contributed by atoms with Gasteiger partial charge >= 0.3 is 0 Å². The molecule has 1 heterocycles. The average molecular weight is 444 g/mol. The molecule has 0 aromatic heterocycles. The van der Waals surface area contributed by atoms with Crippen LogP contribution in [0.2, 0.25) is 6.04 Å². The van der Waals surface area contributed by atoms with Crippen LogP contribution in [0, 0.1) is 6.92 Å². The van der Waals surface area contributed by atoms with Crippen molar-refractivity contribution in [2.75, 3.05) is 0 Å². The summed E-state index contributed by atoms with van der Waals surface area (Å²) in [4.78, 5) is 0. The molecule has 5 heteroatoms. The standard InChI is InChI=1S/C23H24Cl2OSi2/c1-17-10-8-9-15-21(17)27-23-22(25)20(24)16-28(26-23,18-11-4-2-5-12-18)19-13-6-3-7-14-19/h2-15,20,22-23H,16,27H2,1H3. The minimum absolute atomic E-state index is 0.0195. The van der Waals surface area contributed by atoms with E-state index in [9.17, 15) is 0 Å². The molecule has 0 aliphatic carbocycles. The van der Waals surface area contributed by atoms with Crippen molar-refractivity contribution >= 4 is 56.6 Å². The van der Waals surface area contributed by atoms with Crippen LogP contribution < -0.4 is 15.6 Å². The summed E-state index contributed by atoms with van der Waals surface area (Å²) < 4.78 is 7.07. The van der Waals surface area contributed by atoms with Gasteiger partial charge in [-0.2, -0.15) is 0 Å². The minimum Gasteiger partial charge on any atom is -0.407 e. The molecule has 0 saturated carbocycles. The molecule has 4 rings (SSSR count). The van der Waals surface area contributed by atoms with Gasteiger partial charge in [-0.15, -0.1) is 23.2 Å². The molecule has 3 unspecified atom stereocenters. The highest BCUT2D eigenvalue weighted by atomic mass is 35.5. The van der Waals surface area contributed by atoms with E-state index in [1.165, 1.54) is 21.1 Å². The Balaban J connectivity index is 1.77. The van der Waals surface area contributed by atoms with Crippen LogP contribution in [0.3, 0.4) is 0 Å². The van der Waals surface area contributed by atoms with Crippen molar-refractivity contribution in [2.45, 2.75) is 29.4 Å². The van der Waals surface area contributed by atoms with E-state index in [0.29, 0.717) is 0 Å². The summed E-state index contributed by atoms with van der Waals surface area (Å²) >= 11 is 13.7. The third-order valence-electron chi connectivity index (χ3n) is 5.70. The van der Waals surface area contributed by atoms with Gasteiger partial charge in [0.05, 0.1) is 26.0 Å². The second-order valence-electron chi connectivity index (χ2n) is 7.51. The highest BCUT2D eigenvalue weighted by molar-refractivity contribution is 6.98. The number of halogens is 2. The van der Waals surface area contributed by atoms with Crippen LogP contribution in [0.25, 0.3) is 0 Å². The summed E-state index contributed by atoms with van der Waals surface area (Å²) in [6.07, 6.45) is 0. The van der Waals surface area contributed by atoms with Gasteiger partial charge in [0.15, 0.2) is 0 Å². The fourth-order valence-electron chi connectivity index (χ4n) is 4.15. The predicted octanol–water partition coefficient (Wildman–Crippen LogP) is 3.12. The summed E-state index contributed by atoms with van der Waals surface area (Å²) in [5.74, 6) is 0. The topological polar surface area (TPSA) is 9.23 Å². The van der Waals surface area contributed by atoms with E-state index in [1.807, 2.05) is 0 Å². The second kappa shape index (κ2) is 8.56. The fraction of sp³-hybridized carbons (Fsp3) is 0.217. The van der Waals surface area contributed by atoms with Crippen molar-refractivity contribution in [1.82, 2.24) is 0 Å². The maximum atomic E-state index is 7.07. The molecule has 28 heavy (non-hydrogen) atoms. The highest BCUT2D eigenvalue weighted by Crippen LogP contribution is 2.33. The molecule has 1 aliphatic rings. The zero-order valence-electron chi connectivity index (χ0n) is 15.9. The van der Waals surface area contributed by atoms with Crippen molar-refractivity contribution in [3.8, 4) is 0 Å². The molecule has 3 aromatic carbocycles. The van der Waals surface area contributed by atoms with Crippen molar-refractivity contribution in [1.29, 1.82) is 0 Å². The lowest BCUT2D eigenvalue weighted by atomic mass is 10.2. The SMILES string of the molecule is Cc1ccccc1[SiH2]C1O[Si](c2ccccc2)(c2ccccc2)CC(Cl)C1Cl. The third kappa shape index (κ3) is 3.87. The summed E-state index contributed by atoms with van der Waals surface area (Å²) in [5, 5.41) is 3.72. The van der Waals surface area contributed by atoms with Gasteiger partial charge in [0.2, 0.25) is 0 Å². The number of benzene rings is 3. The third-order valence-corrected chi connectivity index (χ3v) is 14.3. The molecule has 1 fully saturated rings. The van der Waals surface area contributed by atoms with E-state index in [0.717, 1.165) is 6.04 Å². The molecule has 1 aliphatic heterocycles. The van der Waals surface area contributed by atoms with Crippen LogP contribution in [-0.4, -0.2) is 34.3 Å². The maximum absolute atomic E-state index is 7.07. The monoisotopic (exact) mass is 442 g/mol. The maximum Gasteiger partial charge on any atom is 0.257 e. The number of hydrogen-bond donors (Lipinski definition) is 0. The second-order valence-corrected chi connectivity index (χ2v) is 14.0. The van der Waals surface area contributed by atoms with E-state index >= 15 is 0 Å². The van der Waals surface area contributed by atoms with Crippen LogP contribution in [-0.2, 0) is 4.43 Å². The van der Waals surface area contributed by atoms with Gasteiger partial charge in [-0.3, -0.25) is 0 Å². The van der Waals surface area contributed by atoms with Gasteiger partial charge in [0, 0.05) is 0 Å².